The first-order chi connectivity index (χ1) is 7.52. The van der Waals surface area contributed by atoms with Gasteiger partial charge in [-0.2, -0.15) is 0 Å². The molecule has 0 amide bonds. The maximum Gasteiger partial charge on any atom is 0.303 e. The van der Waals surface area contributed by atoms with Crippen molar-refractivity contribution in [3.05, 3.63) is 11.6 Å². The molecule has 94 valence electrons. The average Bonchev–Trinajstić information content (AvgIpc) is 2.16. The van der Waals surface area contributed by atoms with E-state index >= 15 is 0 Å². The zero-order valence-electron chi connectivity index (χ0n) is 11.0. The lowest BCUT2D eigenvalue weighted by atomic mass is 9.97. The Hall–Kier alpha value is -0.790. The molecule has 0 saturated carbocycles. The molecular formula is C14H26O2. The van der Waals surface area contributed by atoms with E-state index in [0.717, 1.165) is 18.8 Å². The number of carbonyl (C=O) groups is 1. The molecule has 1 N–H and O–H groups in total. The molecule has 2 heteroatoms. The molecule has 0 heterocycles. The fourth-order valence-electron chi connectivity index (χ4n) is 1.75. The lowest BCUT2D eigenvalue weighted by Gasteiger charge is -2.09. The zero-order chi connectivity index (χ0) is 12.4. The zero-order valence-corrected chi connectivity index (χ0v) is 11.0. The minimum absolute atomic E-state index is 0.326. The quantitative estimate of drug-likeness (QED) is 0.467. The Labute approximate surface area is 99.7 Å². The normalized spacial score (nSPS) is 12.2. The van der Waals surface area contributed by atoms with Crippen molar-refractivity contribution in [2.75, 3.05) is 0 Å². The van der Waals surface area contributed by atoms with Crippen LogP contribution in [0.15, 0.2) is 11.6 Å². The van der Waals surface area contributed by atoms with E-state index in [0.29, 0.717) is 6.42 Å². The Kier molecular flexibility index (Phi) is 8.97. The molecular weight excluding hydrogens is 200 g/mol. The molecule has 0 aromatic rings. The van der Waals surface area contributed by atoms with Gasteiger partial charge in [0.25, 0.3) is 0 Å². The van der Waals surface area contributed by atoms with E-state index in [9.17, 15) is 4.79 Å². The number of rotatable bonds is 9. The van der Waals surface area contributed by atoms with E-state index < -0.39 is 5.97 Å². The second-order valence-electron chi connectivity index (χ2n) is 4.96. The molecule has 0 unspecified atom stereocenters. The summed E-state index contributed by atoms with van der Waals surface area (Å²) in [4.78, 5) is 10.3. The lowest BCUT2D eigenvalue weighted by Crippen LogP contribution is -1.96. The maximum atomic E-state index is 10.3. The van der Waals surface area contributed by atoms with E-state index in [-0.39, 0.29) is 0 Å². The first-order valence-corrected chi connectivity index (χ1v) is 6.37. The van der Waals surface area contributed by atoms with E-state index in [2.05, 4.69) is 26.8 Å². The number of carboxylic acids is 1. The molecule has 0 bridgehead atoms. The third kappa shape index (κ3) is 11.3. The Bertz CT molecular complexity index is 215. The van der Waals surface area contributed by atoms with Gasteiger partial charge in [-0.3, -0.25) is 4.79 Å². The van der Waals surface area contributed by atoms with Gasteiger partial charge in [-0.15, -0.1) is 0 Å². The highest BCUT2D eigenvalue weighted by Crippen LogP contribution is 2.16. The van der Waals surface area contributed by atoms with E-state index in [1.165, 1.54) is 31.3 Å². The van der Waals surface area contributed by atoms with Crippen molar-refractivity contribution in [1.82, 2.24) is 0 Å². The minimum Gasteiger partial charge on any atom is -0.481 e. The van der Waals surface area contributed by atoms with Crippen LogP contribution < -0.4 is 0 Å². The number of carboxylic acid groups (broad SMARTS) is 1. The van der Waals surface area contributed by atoms with Crippen molar-refractivity contribution in [3.63, 3.8) is 0 Å². The molecule has 1 atom stereocenters. The van der Waals surface area contributed by atoms with Crippen molar-refractivity contribution < 1.29 is 9.90 Å². The molecule has 0 aliphatic carbocycles. The van der Waals surface area contributed by atoms with Gasteiger partial charge < -0.3 is 5.11 Å². The molecule has 0 aliphatic heterocycles. The third-order valence-electron chi connectivity index (χ3n) is 2.80. The van der Waals surface area contributed by atoms with Crippen LogP contribution in [-0.2, 0) is 4.79 Å². The molecule has 0 rings (SSSR count). The molecule has 2 nitrogen and oxygen atoms in total. The first kappa shape index (κ1) is 15.2. The SMILES string of the molecule is CC(C)=CCC[C@H](C)CCCCCC(=O)O. The summed E-state index contributed by atoms with van der Waals surface area (Å²) < 4.78 is 0. The standard InChI is InChI=1S/C14H26O2/c1-12(2)8-7-10-13(3)9-5-4-6-11-14(15)16/h8,13H,4-7,9-11H2,1-3H3,(H,15,16)/t13-/m1/s1. The van der Waals surface area contributed by atoms with Crippen molar-refractivity contribution in [2.24, 2.45) is 5.92 Å². The Morgan fingerprint density at radius 1 is 1.19 bits per heavy atom. The van der Waals surface area contributed by atoms with Crippen LogP contribution in [0.5, 0.6) is 0 Å². The third-order valence-corrected chi connectivity index (χ3v) is 2.80. The summed E-state index contributed by atoms with van der Waals surface area (Å²) in [7, 11) is 0. The number of hydrogen-bond donors (Lipinski definition) is 1. The van der Waals surface area contributed by atoms with Gasteiger partial charge in [0.1, 0.15) is 0 Å². The average molecular weight is 226 g/mol. The molecule has 0 saturated heterocycles. The topological polar surface area (TPSA) is 37.3 Å². The lowest BCUT2D eigenvalue weighted by molar-refractivity contribution is -0.137. The number of allylic oxidation sites excluding steroid dienone is 2. The summed E-state index contributed by atoms with van der Waals surface area (Å²) in [6.45, 7) is 6.56. The predicted octanol–water partition coefficient (Wildman–Crippen LogP) is 4.40. The highest BCUT2D eigenvalue weighted by Gasteiger charge is 2.02. The molecule has 0 radical (unpaired) electrons. The van der Waals surface area contributed by atoms with Gasteiger partial charge in [-0.1, -0.05) is 37.8 Å². The fraction of sp³-hybridized carbons (Fsp3) is 0.786. The van der Waals surface area contributed by atoms with Gasteiger partial charge in [0.15, 0.2) is 0 Å². The van der Waals surface area contributed by atoms with E-state index in [1.54, 1.807) is 0 Å². The van der Waals surface area contributed by atoms with Crippen LogP contribution in [-0.4, -0.2) is 11.1 Å². The van der Waals surface area contributed by atoms with Crippen molar-refractivity contribution in [1.29, 1.82) is 0 Å². The Balaban J connectivity index is 3.33. The number of unbranched alkanes of at least 4 members (excludes halogenated alkanes) is 2. The van der Waals surface area contributed by atoms with Gasteiger partial charge in [0, 0.05) is 6.42 Å². The van der Waals surface area contributed by atoms with E-state index in [4.69, 9.17) is 5.11 Å². The van der Waals surface area contributed by atoms with Crippen LogP contribution in [0.3, 0.4) is 0 Å². The first-order valence-electron chi connectivity index (χ1n) is 6.37. The molecule has 0 aromatic carbocycles. The summed E-state index contributed by atoms with van der Waals surface area (Å²) >= 11 is 0. The van der Waals surface area contributed by atoms with Crippen LogP contribution in [0.1, 0.15) is 65.7 Å². The van der Waals surface area contributed by atoms with E-state index in [1.807, 2.05) is 0 Å². The molecule has 0 aromatic heterocycles. The van der Waals surface area contributed by atoms with Crippen molar-refractivity contribution >= 4 is 5.97 Å². The van der Waals surface area contributed by atoms with Gasteiger partial charge in [-0.25, -0.2) is 0 Å². The highest BCUT2D eigenvalue weighted by atomic mass is 16.4. The largest absolute Gasteiger partial charge is 0.481 e. The van der Waals surface area contributed by atoms with Crippen LogP contribution in [0.25, 0.3) is 0 Å². The maximum absolute atomic E-state index is 10.3. The van der Waals surface area contributed by atoms with Crippen molar-refractivity contribution in [3.8, 4) is 0 Å². The summed E-state index contributed by atoms with van der Waals surface area (Å²) in [5.41, 5.74) is 1.40. The summed E-state index contributed by atoms with van der Waals surface area (Å²) in [5.74, 6) is 0.0945. The number of aliphatic carboxylic acids is 1. The summed E-state index contributed by atoms with van der Waals surface area (Å²) in [5, 5.41) is 8.48. The minimum atomic E-state index is -0.670. The molecule has 0 spiro atoms. The molecule has 16 heavy (non-hydrogen) atoms. The van der Waals surface area contributed by atoms with Crippen molar-refractivity contribution in [2.45, 2.75) is 65.7 Å². The fourth-order valence-corrected chi connectivity index (χ4v) is 1.75. The van der Waals surface area contributed by atoms with Crippen LogP contribution in [0.2, 0.25) is 0 Å². The second-order valence-corrected chi connectivity index (χ2v) is 4.96. The smallest absolute Gasteiger partial charge is 0.303 e. The summed E-state index contributed by atoms with van der Waals surface area (Å²) in [6.07, 6.45) is 9.34. The highest BCUT2D eigenvalue weighted by molar-refractivity contribution is 5.66. The molecule has 0 aliphatic rings. The van der Waals surface area contributed by atoms with Crippen LogP contribution in [0, 0.1) is 5.92 Å². The number of hydrogen-bond acceptors (Lipinski definition) is 1. The van der Waals surface area contributed by atoms with Gasteiger partial charge in [0.05, 0.1) is 0 Å². The van der Waals surface area contributed by atoms with Gasteiger partial charge >= 0.3 is 5.97 Å². The summed E-state index contributed by atoms with van der Waals surface area (Å²) in [6, 6.07) is 0. The van der Waals surface area contributed by atoms with Crippen LogP contribution >= 0.6 is 0 Å². The van der Waals surface area contributed by atoms with Crippen LogP contribution in [0.4, 0.5) is 0 Å². The Morgan fingerprint density at radius 3 is 2.44 bits per heavy atom. The monoisotopic (exact) mass is 226 g/mol. The second kappa shape index (κ2) is 9.44. The predicted molar refractivity (Wildman–Crippen MR) is 68.5 cm³/mol. The van der Waals surface area contributed by atoms with Gasteiger partial charge in [0.2, 0.25) is 0 Å². The van der Waals surface area contributed by atoms with Gasteiger partial charge in [-0.05, 0) is 39.0 Å². The Morgan fingerprint density at radius 2 is 1.88 bits per heavy atom. The molecule has 0 fully saturated rings.